The summed E-state index contributed by atoms with van der Waals surface area (Å²) >= 11 is 4.83. The van der Waals surface area contributed by atoms with Crippen molar-refractivity contribution in [2.75, 3.05) is 44.4 Å². The summed E-state index contributed by atoms with van der Waals surface area (Å²) in [5.74, 6) is -0.187. The van der Waals surface area contributed by atoms with Gasteiger partial charge in [0.1, 0.15) is 6.04 Å². The van der Waals surface area contributed by atoms with Crippen molar-refractivity contribution in [2.45, 2.75) is 31.4 Å². The molecule has 2 aliphatic rings. The van der Waals surface area contributed by atoms with Gasteiger partial charge in [-0.3, -0.25) is 10.1 Å². The Morgan fingerprint density at radius 2 is 1.90 bits per heavy atom. The molecule has 4 rings (SSSR count). The third-order valence-electron chi connectivity index (χ3n) is 5.96. The number of likely N-dealkylation sites (tertiary alicyclic amines) is 1. The van der Waals surface area contributed by atoms with Gasteiger partial charge in [-0.2, -0.15) is 0 Å². The largest absolute Gasteiger partial charge is 0.380 e. The van der Waals surface area contributed by atoms with Gasteiger partial charge in [-0.1, -0.05) is 6.07 Å². The molecule has 1 unspecified atom stereocenters. The topological polar surface area (TPSA) is 73.9 Å². The lowest BCUT2D eigenvalue weighted by molar-refractivity contribution is -0.119. The van der Waals surface area contributed by atoms with E-state index in [0.29, 0.717) is 13.0 Å². The number of methoxy groups -OCH3 is 1. The van der Waals surface area contributed by atoms with E-state index in [0.717, 1.165) is 40.4 Å². The van der Waals surface area contributed by atoms with Gasteiger partial charge in [0.25, 0.3) is 0 Å². The molecule has 7 nitrogen and oxygen atoms in total. The minimum absolute atomic E-state index is 0.167. The molecule has 1 fully saturated rings. The molecule has 1 saturated heterocycles. The number of benzene rings is 1. The van der Waals surface area contributed by atoms with Crippen molar-refractivity contribution in [1.82, 2.24) is 9.80 Å². The van der Waals surface area contributed by atoms with E-state index in [4.69, 9.17) is 4.74 Å². The highest BCUT2D eigenvalue weighted by molar-refractivity contribution is 9.11. The molecular weight excluding hydrogens is 480 g/mol. The van der Waals surface area contributed by atoms with E-state index in [-0.39, 0.29) is 18.0 Å². The highest BCUT2D eigenvalue weighted by Crippen LogP contribution is 2.29. The van der Waals surface area contributed by atoms with Crippen LogP contribution in [0, 0.1) is 0 Å². The van der Waals surface area contributed by atoms with Gasteiger partial charge in [-0.15, -0.1) is 11.3 Å². The second-order valence-electron chi connectivity index (χ2n) is 8.07. The molecule has 0 saturated carbocycles. The number of anilines is 2. The van der Waals surface area contributed by atoms with Crippen molar-refractivity contribution in [3.63, 3.8) is 0 Å². The van der Waals surface area contributed by atoms with Crippen molar-refractivity contribution < 1.29 is 14.3 Å². The molecule has 2 atom stereocenters. The van der Waals surface area contributed by atoms with Crippen molar-refractivity contribution in [1.29, 1.82) is 0 Å². The number of halogens is 1. The van der Waals surface area contributed by atoms with Gasteiger partial charge in [0.2, 0.25) is 5.91 Å². The van der Waals surface area contributed by atoms with E-state index < -0.39 is 6.04 Å². The van der Waals surface area contributed by atoms with Crippen molar-refractivity contribution >= 4 is 49.9 Å². The van der Waals surface area contributed by atoms with Gasteiger partial charge < -0.3 is 19.9 Å². The molecule has 2 aliphatic heterocycles. The van der Waals surface area contributed by atoms with Crippen molar-refractivity contribution in [3.05, 3.63) is 45.2 Å². The first-order valence-corrected chi connectivity index (χ1v) is 12.0. The Kier molecular flexibility index (Phi) is 6.95. The van der Waals surface area contributed by atoms with Gasteiger partial charge in [0, 0.05) is 38.9 Å². The Morgan fingerprint density at radius 3 is 2.61 bits per heavy atom. The molecule has 0 spiro atoms. The zero-order valence-electron chi connectivity index (χ0n) is 17.7. The zero-order valence-corrected chi connectivity index (χ0v) is 20.1. The number of fused-ring (bicyclic) bond motifs is 1. The average molecular weight is 507 g/mol. The number of hydrogen-bond acceptors (Lipinski definition) is 5. The molecule has 1 aromatic carbocycles. The summed E-state index contributed by atoms with van der Waals surface area (Å²) in [7, 11) is 3.75. The quantitative estimate of drug-likeness (QED) is 0.661. The Morgan fingerprint density at radius 1 is 1.13 bits per heavy atom. The zero-order chi connectivity index (χ0) is 22.0. The maximum atomic E-state index is 13.1. The molecular formula is C22H27BrN4O3S. The van der Waals surface area contributed by atoms with Crippen LogP contribution in [0.2, 0.25) is 0 Å². The Bertz CT molecular complexity index is 966. The molecule has 9 heteroatoms. The van der Waals surface area contributed by atoms with E-state index in [1.165, 1.54) is 22.5 Å². The lowest BCUT2D eigenvalue weighted by atomic mass is 10.0. The number of carbonyl (C=O) groups is 2. The number of likely N-dealkylation sites (N-methyl/N-ethyl adjacent to an activating group) is 1. The van der Waals surface area contributed by atoms with Crippen LogP contribution in [0.4, 0.5) is 15.5 Å². The molecule has 0 radical (unpaired) electrons. The second-order valence-corrected chi connectivity index (χ2v) is 10.5. The third kappa shape index (κ3) is 5.28. The van der Waals surface area contributed by atoms with Crippen LogP contribution < -0.4 is 10.6 Å². The first-order valence-electron chi connectivity index (χ1n) is 10.4. The third-order valence-corrected chi connectivity index (χ3v) is 7.50. The van der Waals surface area contributed by atoms with Gasteiger partial charge in [0.15, 0.2) is 0 Å². The number of carbonyl (C=O) groups excluding carboxylic acids is 2. The minimum atomic E-state index is -0.585. The number of amides is 3. The first-order chi connectivity index (χ1) is 14.9. The molecule has 31 heavy (non-hydrogen) atoms. The fourth-order valence-corrected chi connectivity index (χ4v) is 5.42. The lowest BCUT2D eigenvalue weighted by Gasteiger charge is -2.24. The standard InChI is InChI=1S/C22H27BrN4O3S/c1-26-9-7-14-3-4-16(11-15(14)8-10-26)24-21(28)18-12-17(30-2)13-27(18)22(29)25-20-6-5-19(23)31-20/h3-6,11,17-18H,7-10,12-13H2,1-2H3,(H,24,28)(H,25,29)/t17?,18-/m1/s1. The summed E-state index contributed by atoms with van der Waals surface area (Å²) in [4.78, 5) is 29.9. The van der Waals surface area contributed by atoms with Gasteiger partial charge >= 0.3 is 6.03 Å². The van der Waals surface area contributed by atoms with Crippen LogP contribution in [0.25, 0.3) is 0 Å². The van der Waals surface area contributed by atoms with E-state index in [2.05, 4.69) is 50.6 Å². The van der Waals surface area contributed by atoms with E-state index in [1.807, 2.05) is 18.2 Å². The number of nitrogens with one attached hydrogen (secondary N) is 2. The fraction of sp³-hybridized carbons (Fsp3) is 0.455. The monoisotopic (exact) mass is 506 g/mol. The molecule has 0 aliphatic carbocycles. The molecule has 1 aromatic heterocycles. The second kappa shape index (κ2) is 9.68. The number of thiophene rings is 1. The summed E-state index contributed by atoms with van der Waals surface area (Å²) in [6.07, 6.45) is 2.29. The number of ether oxygens (including phenoxy) is 1. The van der Waals surface area contributed by atoms with Crippen LogP contribution >= 0.6 is 27.3 Å². The maximum absolute atomic E-state index is 13.1. The predicted molar refractivity (Wildman–Crippen MR) is 127 cm³/mol. The van der Waals surface area contributed by atoms with Crippen LogP contribution in [-0.2, 0) is 22.4 Å². The Balaban J connectivity index is 1.46. The molecule has 166 valence electrons. The van der Waals surface area contributed by atoms with Gasteiger partial charge in [-0.25, -0.2) is 4.79 Å². The van der Waals surface area contributed by atoms with Crippen LogP contribution in [0.15, 0.2) is 34.1 Å². The van der Waals surface area contributed by atoms with Crippen molar-refractivity contribution in [3.8, 4) is 0 Å². The normalized spacial score (nSPS) is 21.5. The summed E-state index contributed by atoms with van der Waals surface area (Å²) in [5, 5.41) is 6.64. The summed E-state index contributed by atoms with van der Waals surface area (Å²) < 4.78 is 6.40. The SMILES string of the molecule is COC1C[C@H](C(=O)Nc2ccc3c(c2)CCN(C)CC3)N(C(=O)Nc2ccc(Br)s2)C1. The van der Waals surface area contributed by atoms with Crippen LogP contribution in [-0.4, -0.2) is 67.7 Å². The van der Waals surface area contributed by atoms with Crippen molar-refractivity contribution in [2.24, 2.45) is 0 Å². The number of hydrogen-bond donors (Lipinski definition) is 2. The molecule has 3 amide bonds. The minimum Gasteiger partial charge on any atom is -0.380 e. The smallest absolute Gasteiger partial charge is 0.323 e. The fourth-order valence-electron chi connectivity index (χ4n) is 4.14. The summed E-state index contributed by atoms with van der Waals surface area (Å²) in [6.45, 7) is 2.43. The maximum Gasteiger partial charge on any atom is 0.323 e. The molecule has 0 bridgehead atoms. The average Bonchev–Trinajstić information content (AvgIpc) is 3.32. The van der Waals surface area contributed by atoms with E-state index in [1.54, 1.807) is 12.0 Å². The number of rotatable bonds is 4. The van der Waals surface area contributed by atoms with Crippen LogP contribution in [0.3, 0.4) is 0 Å². The lowest BCUT2D eigenvalue weighted by Crippen LogP contribution is -2.45. The Hall–Kier alpha value is -1.94. The Labute approximate surface area is 194 Å². The molecule has 2 aromatic rings. The molecule has 3 heterocycles. The highest BCUT2D eigenvalue weighted by atomic mass is 79.9. The van der Waals surface area contributed by atoms with Crippen LogP contribution in [0.5, 0.6) is 0 Å². The predicted octanol–water partition coefficient (Wildman–Crippen LogP) is 3.80. The van der Waals surface area contributed by atoms with E-state index >= 15 is 0 Å². The van der Waals surface area contributed by atoms with Crippen LogP contribution in [0.1, 0.15) is 17.5 Å². The number of urea groups is 1. The van der Waals surface area contributed by atoms with Gasteiger partial charge in [-0.05, 0) is 71.2 Å². The van der Waals surface area contributed by atoms with E-state index in [9.17, 15) is 9.59 Å². The highest BCUT2D eigenvalue weighted by Gasteiger charge is 2.40. The van der Waals surface area contributed by atoms with Gasteiger partial charge in [0.05, 0.1) is 14.9 Å². The molecule has 2 N–H and O–H groups in total. The number of nitrogens with zero attached hydrogens (tertiary/aromatic N) is 2. The first kappa shape index (κ1) is 22.3. The summed E-state index contributed by atoms with van der Waals surface area (Å²) in [5.41, 5.74) is 3.39. The summed E-state index contributed by atoms with van der Waals surface area (Å²) in [6, 6.07) is 8.97.